The monoisotopic (exact) mass is 363 g/mol. The maximum Gasteiger partial charge on any atom is 0.233 e. The highest BCUT2D eigenvalue weighted by Gasteiger charge is 2.32. The number of fused-ring (bicyclic) bond motifs is 1. The average Bonchev–Trinajstić information content (AvgIpc) is 3.04. The Labute approximate surface area is 157 Å². The molecular weight excluding hydrogens is 342 g/mol. The molecule has 0 saturated heterocycles. The molecule has 1 atom stereocenters. The first-order valence-corrected chi connectivity index (χ1v) is 8.97. The van der Waals surface area contributed by atoms with Crippen LogP contribution in [0, 0.1) is 6.92 Å². The molecular formula is C20H21N5O2. The van der Waals surface area contributed by atoms with E-state index in [0.717, 1.165) is 23.2 Å². The van der Waals surface area contributed by atoms with Crippen LogP contribution >= 0.6 is 0 Å². The molecule has 27 heavy (non-hydrogen) atoms. The molecule has 0 saturated carbocycles. The van der Waals surface area contributed by atoms with E-state index in [1.807, 2.05) is 6.92 Å². The highest BCUT2D eigenvalue weighted by Crippen LogP contribution is 2.40. The molecule has 0 unspecified atom stereocenters. The smallest absolute Gasteiger partial charge is 0.233 e. The zero-order chi connectivity index (χ0) is 19.0. The number of ether oxygens (including phenoxy) is 1. The second-order valence-corrected chi connectivity index (χ2v) is 6.59. The van der Waals surface area contributed by atoms with Gasteiger partial charge in [-0.2, -0.15) is 9.78 Å². The molecule has 3 heterocycles. The van der Waals surface area contributed by atoms with E-state index in [0.29, 0.717) is 23.9 Å². The summed E-state index contributed by atoms with van der Waals surface area (Å²) in [7, 11) is 1.54. The quantitative estimate of drug-likeness (QED) is 0.770. The Hall–Kier alpha value is -3.22. The van der Waals surface area contributed by atoms with Gasteiger partial charge in [-0.3, -0.25) is 4.79 Å². The minimum Gasteiger partial charge on any atom is -0.480 e. The van der Waals surface area contributed by atoms with E-state index in [2.05, 4.69) is 51.8 Å². The second kappa shape index (κ2) is 6.83. The minimum atomic E-state index is -0.0327. The minimum absolute atomic E-state index is 0.0281. The van der Waals surface area contributed by atoms with Gasteiger partial charge < -0.3 is 10.1 Å². The van der Waals surface area contributed by atoms with E-state index in [9.17, 15) is 4.79 Å². The number of rotatable bonds is 4. The third-order valence-electron chi connectivity index (χ3n) is 4.94. The number of carbonyl (C=O) groups excluding carboxylic acids is 1. The number of hydrogen-bond acceptors (Lipinski definition) is 5. The van der Waals surface area contributed by atoms with Gasteiger partial charge in [-0.05, 0) is 30.5 Å². The number of aromatic nitrogens is 4. The van der Waals surface area contributed by atoms with Gasteiger partial charge in [-0.1, -0.05) is 31.2 Å². The Balaban J connectivity index is 1.79. The number of anilines is 1. The summed E-state index contributed by atoms with van der Waals surface area (Å²) >= 11 is 0. The number of nitrogens with zero attached hydrogens (tertiary/aromatic N) is 4. The van der Waals surface area contributed by atoms with E-state index in [4.69, 9.17) is 4.74 Å². The number of hydrogen-bond donors (Lipinski definition) is 1. The topological polar surface area (TPSA) is 81.9 Å². The van der Waals surface area contributed by atoms with Gasteiger partial charge in [0, 0.05) is 24.0 Å². The SMILES string of the molecule is CCc1ccc([C@H]2CC(=O)Nc3c2c(C)nn3-c2ccc(OC)nn2)cc1. The normalized spacial score (nSPS) is 16.0. The van der Waals surface area contributed by atoms with E-state index in [1.54, 1.807) is 16.8 Å². The van der Waals surface area contributed by atoms with Gasteiger partial charge in [-0.25, -0.2) is 0 Å². The summed E-state index contributed by atoms with van der Waals surface area (Å²) < 4.78 is 6.70. The molecule has 4 rings (SSSR count). The Morgan fingerprint density at radius 1 is 1.19 bits per heavy atom. The summed E-state index contributed by atoms with van der Waals surface area (Å²) in [5, 5.41) is 15.7. The average molecular weight is 363 g/mol. The van der Waals surface area contributed by atoms with Gasteiger partial charge in [-0.15, -0.1) is 10.2 Å². The van der Waals surface area contributed by atoms with Gasteiger partial charge in [0.2, 0.25) is 11.8 Å². The van der Waals surface area contributed by atoms with Crippen LogP contribution in [0.5, 0.6) is 5.88 Å². The molecule has 3 aromatic rings. The van der Waals surface area contributed by atoms with Crippen LogP contribution < -0.4 is 10.1 Å². The lowest BCUT2D eigenvalue weighted by Crippen LogP contribution is -2.25. The zero-order valence-electron chi connectivity index (χ0n) is 15.6. The number of aryl methyl sites for hydroxylation is 2. The molecule has 0 radical (unpaired) electrons. The van der Waals surface area contributed by atoms with E-state index >= 15 is 0 Å². The fraction of sp³-hybridized carbons (Fsp3) is 0.300. The predicted molar refractivity (Wildman–Crippen MR) is 101 cm³/mol. The molecule has 7 heteroatoms. The van der Waals surface area contributed by atoms with Gasteiger partial charge >= 0.3 is 0 Å². The molecule has 138 valence electrons. The van der Waals surface area contributed by atoms with E-state index in [1.165, 1.54) is 12.7 Å². The summed E-state index contributed by atoms with van der Waals surface area (Å²) in [5.41, 5.74) is 4.29. The molecule has 0 aliphatic carbocycles. The number of nitrogens with one attached hydrogen (secondary N) is 1. The van der Waals surface area contributed by atoms with Crippen LogP contribution in [0.25, 0.3) is 5.82 Å². The summed E-state index contributed by atoms with van der Waals surface area (Å²) in [5.74, 6) is 1.55. The van der Waals surface area contributed by atoms with Crippen molar-refractivity contribution < 1.29 is 9.53 Å². The molecule has 0 bridgehead atoms. The lowest BCUT2D eigenvalue weighted by Gasteiger charge is -2.24. The van der Waals surface area contributed by atoms with Crippen LogP contribution in [0.2, 0.25) is 0 Å². The fourth-order valence-electron chi connectivity index (χ4n) is 3.52. The molecule has 2 aromatic heterocycles. The van der Waals surface area contributed by atoms with E-state index in [-0.39, 0.29) is 11.8 Å². The van der Waals surface area contributed by atoms with Crippen molar-refractivity contribution in [2.45, 2.75) is 32.6 Å². The first kappa shape index (κ1) is 17.2. The molecule has 0 fully saturated rings. The van der Waals surface area contributed by atoms with Gasteiger partial charge in [0.15, 0.2) is 5.82 Å². The Morgan fingerprint density at radius 2 is 1.96 bits per heavy atom. The van der Waals surface area contributed by atoms with Crippen molar-refractivity contribution in [2.75, 3.05) is 12.4 Å². The molecule has 1 N–H and O–H groups in total. The Kier molecular flexibility index (Phi) is 4.35. The van der Waals surface area contributed by atoms with Gasteiger partial charge in [0.25, 0.3) is 0 Å². The van der Waals surface area contributed by atoms with Crippen LogP contribution in [0.15, 0.2) is 36.4 Å². The van der Waals surface area contributed by atoms with Crippen molar-refractivity contribution >= 4 is 11.7 Å². The predicted octanol–water partition coefficient (Wildman–Crippen LogP) is 3.02. The number of methoxy groups -OCH3 is 1. The van der Waals surface area contributed by atoms with Gasteiger partial charge in [0.05, 0.1) is 12.8 Å². The van der Waals surface area contributed by atoms with Crippen molar-refractivity contribution in [2.24, 2.45) is 0 Å². The van der Waals surface area contributed by atoms with Crippen LogP contribution in [0.3, 0.4) is 0 Å². The summed E-state index contributed by atoms with van der Waals surface area (Å²) in [6.45, 7) is 4.09. The maximum absolute atomic E-state index is 12.4. The zero-order valence-corrected chi connectivity index (χ0v) is 15.6. The fourth-order valence-corrected chi connectivity index (χ4v) is 3.52. The number of amides is 1. The standard InChI is InChI=1S/C20H21N5O2/c1-4-13-5-7-14(8-6-13)15-11-17(26)21-20-19(15)12(2)24-25(20)16-9-10-18(27-3)23-22-16/h5-10,15H,4,11H2,1-3H3,(H,21,26)/t15-/m1/s1. The van der Waals surface area contributed by atoms with Crippen LogP contribution in [-0.4, -0.2) is 33.0 Å². The number of benzene rings is 1. The third kappa shape index (κ3) is 3.05. The van der Waals surface area contributed by atoms with Crippen LogP contribution in [0.1, 0.15) is 41.6 Å². The van der Waals surface area contributed by atoms with Crippen molar-refractivity contribution in [3.63, 3.8) is 0 Å². The lowest BCUT2D eigenvalue weighted by atomic mass is 9.85. The molecule has 7 nitrogen and oxygen atoms in total. The van der Waals surface area contributed by atoms with Crippen molar-refractivity contribution in [3.8, 4) is 11.7 Å². The maximum atomic E-state index is 12.4. The van der Waals surface area contributed by atoms with Crippen molar-refractivity contribution in [1.29, 1.82) is 0 Å². The van der Waals surface area contributed by atoms with Crippen LogP contribution in [-0.2, 0) is 11.2 Å². The highest BCUT2D eigenvalue weighted by atomic mass is 16.5. The third-order valence-corrected chi connectivity index (χ3v) is 4.94. The summed E-state index contributed by atoms with van der Waals surface area (Å²) in [4.78, 5) is 12.4. The molecule has 1 aliphatic rings. The summed E-state index contributed by atoms with van der Waals surface area (Å²) in [6, 6.07) is 11.9. The first-order chi connectivity index (χ1) is 13.1. The van der Waals surface area contributed by atoms with Crippen molar-refractivity contribution in [1.82, 2.24) is 20.0 Å². The molecule has 1 aromatic carbocycles. The molecule has 0 spiro atoms. The Morgan fingerprint density at radius 3 is 2.59 bits per heavy atom. The molecule has 1 aliphatic heterocycles. The van der Waals surface area contributed by atoms with E-state index < -0.39 is 0 Å². The van der Waals surface area contributed by atoms with Gasteiger partial charge in [0.1, 0.15) is 5.82 Å². The largest absolute Gasteiger partial charge is 0.480 e. The Bertz CT molecular complexity index is 977. The molecule has 1 amide bonds. The highest BCUT2D eigenvalue weighted by molar-refractivity contribution is 5.95. The number of carbonyl (C=O) groups is 1. The second-order valence-electron chi connectivity index (χ2n) is 6.59. The van der Waals surface area contributed by atoms with Crippen molar-refractivity contribution in [3.05, 3.63) is 58.8 Å². The first-order valence-electron chi connectivity index (χ1n) is 8.97. The van der Waals surface area contributed by atoms with Crippen LogP contribution in [0.4, 0.5) is 5.82 Å². The lowest BCUT2D eigenvalue weighted by molar-refractivity contribution is -0.116. The summed E-state index contributed by atoms with van der Waals surface area (Å²) in [6.07, 6.45) is 1.39.